The number of benzene rings is 1. The van der Waals surface area contributed by atoms with Crippen molar-refractivity contribution < 1.29 is 8.78 Å². The van der Waals surface area contributed by atoms with Gasteiger partial charge in [-0.3, -0.25) is 0 Å². The zero-order valence-electron chi connectivity index (χ0n) is 12.5. The van der Waals surface area contributed by atoms with Crippen LogP contribution in [0.4, 0.5) is 8.78 Å². The zero-order valence-corrected chi connectivity index (χ0v) is 12.5. The second-order valence-electron chi connectivity index (χ2n) is 6.31. The number of hydrogen-bond donors (Lipinski definition) is 1. The first-order chi connectivity index (χ1) is 9.55. The molecule has 2 rings (SSSR count). The molecule has 1 atom stereocenters. The van der Waals surface area contributed by atoms with Crippen LogP contribution in [0.25, 0.3) is 0 Å². The first-order valence-corrected chi connectivity index (χ1v) is 7.72. The van der Waals surface area contributed by atoms with Gasteiger partial charge in [0.1, 0.15) is 11.6 Å². The molecule has 3 heteroatoms. The average molecular weight is 281 g/mol. The van der Waals surface area contributed by atoms with E-state index >= 15 is 0 Å². The molecule has 1 aliphatic carbocycles. The van der Waals surface area contributed by atoms with Crippen LogP contribution in [-0.4, -0.2) is 12.6 Å². The van der Waals surface area contributed by atoms with E-state index in [2.05, 4.69) is 19.2 Å². The molecule has 0 amide bonds. The van der Waals surface area contributed by atoms with E-state index < -0.39 is 0 Å². The third-order valence-corrected chi connectivity index (χ3v) is 4.66. The van der Waals surface area contributed by atoms with Gasteiger partial charge in [0.2, 0.25) is 0 Å². The van der Waals surface area contributed by atoms with Gasteiger partial charge >= 0.3 is 0 Å². The Bertz CT molecular complexity index is 439. The quantitative estimate of drug-likeness (QED) is 0.812. The summed E-state index contributed by atoms with van der Waals surface area (Å²) in [6, 6.07) is 3.98. The van der Waals surface area contributed by atoms with Crippen molar-refractivity contribution in [2.24, 2.45) is 5.41 Å². The highest BCUT2D eigenvalue weighted by Gasteiger charge is 2.36. The molecule has 0 aromatic heterocycles. The third-order valence-electron chi connectivity index (χ3n) is 4.66. The minimum atomic E-state index is -0.354. The van der Waals surface area contributed by atoms with Gasteiger partial charge in [0, 0.05) is 6.04 Å². The van der Waals surface area contributed by atoms with Crippen molar-refractivity contribution in [1.82, 2.24) is 5.32 Å². The van der Waals surface area contributed by atoms with Crippen molar-refractivity contribution in [3.8, 4) is 0 Å². The molecule has 20 heavy (non-hydrogen) atoms. The van der Waals surface area contributed by atoms with Gasteiger partial charge in [-0.25, -0.2) is 8.78 Å². The molecule has 112 valence electrons. The fourth-order valence-corrected chi connectivity index (χ4v) is 3.33. The maximum atomic E-state index is 13.9. The Morgan fingerprint density at radius 3 is 2.60 bits per heavy atom. The lowest BCUT2D eigenvalue weighted by Crippen LogP contribution is -2.44. The summed E-state index contributed by atoms with van der Waals surface area (Å²) < 4.78 is 27.2. The van der Waals surface area contributed by atoms with Crippen molar-refractivity contribution >= 4 is 0 Å². The molecule has 1 aromatic rings. The molecule has 0 heterocycles. The first kappa shape index (κ1) is 15.4. The molecule has 1 nitrogen and oxygen atoms in total. The summed E-state index contributed by atoms with van der Waals surface area (Å²) in [6.45, 7) is 5.34. The molecular formula is C17H25F2N. The average Bonchev–Trinajstić information content (AvgIpc) is 2.86. The highest BCUT2D eigenvalue weighted by molar-refractivity contribution is 5.20. The van der Waals surface area contributed by atoms with E-state index in [0.29, 0.717) is 12.0 Å². The molecule has 0 saturated heterocycles. The molecule has 1 saturated carbocycles. The lowest BCUT2D eigenvalue weighted by Gasteiger charge is -2.35. The summed E-state index contributed by atoms with van der Waals surface area (Å²) in [4.78, 5) is 0. The summed E-state index contributed by atoms with van der Waals surface area (Å²) in [5, 5.41) is 3.56. The maximum absolute atomic E-state index is 13.9. The Hall–Kier alpha value is -0.960. The largest absolute Gasteiger partial charge is 0.313 e. The van der Waals surface area contributed by atoms with Gasteiger partial charge in [0.15, 0.2) is 0 Å². The van der Waals surface area contributed by atoms with Crippen LogP contribution in [0.15, 0.2) is 18.2 Å². The van der Waals surface area contributed by atoms with Crippen LogP contribution < -0.4 is 5.32 Å². The Kier molecular flexibility index (Phi) is 5.14. The Labute approximate surface area is 120 Å². The van der Waals surface area contributed by atoms with Crippen molar-refractivity contribution in [2.45, 2.75) is 58.4 Å². The van der Waals surface area contributed by atoms with Crippen LogP contribution >= 0.6 is 0 Å². The minimum absolute atomic E-state index is 0.202. The predicted octanol–water partition coefficient (Wildman–Crippen LogP) is 4.46. The van der Waals surface area contributed by atoms with Gasteiger partial charge in [-0.1, -0.05) is 26.7 Å². The van der Waals surface area contributed by atoms with E-state index in [-0.39, 0.29) is 23.1 Å². The summed E-state index contributed by atoms with van der Waals surface area (Å²) >= 11 is 0. The van der Waals surface area contributed by atoms with Gasteiger partial charge in [-0.15, -0.1) is 0 Å². The zero-order chi connectivity index (χ0) is 14.6. The number of halogens is 2. The molecule has 0 radical (unpaired) electrons. The predicted molar refractivity (Wildman–Crippen MR) is 78.7 cm³/mol. The summed E-state index contributed by atoms with van der Waals surface area (Å²) in [6.07, 6.45) is 6.45. The van der Waals surface area contributed by atoms with Crippen LogP contribution in [-0.2, 0) is 6.42 Å². The van der Waals surface area contributed by atoms with E-state index in [1.165, 1.54) is 43.9 Å². The Morgan fingerprint density at radius 1 is 1.25 bits per heavy atom. The van der Waals surface area contributed by atoms with Crippen LogP contribution in [0.3, 0.4) is 0 Å². The Morgan fingerprint density at radius 2 is 1.95 bits per heavy atom. The Balaban J connectivity index is 2.16. The minimum Gasteiger partial charge on any atom is -0.313 e. The smallest absolute Gasteiger partial charge is 0.126 e. The maximum Gasteiger partial charge on any atom is 0.126 e. The molecule has 0 aliphatic heterocycles. The third kappa shape index (κ3) is 3.57. The molecule has 1 N–H and O–H groups in total. The fraction of sp³-hybridized carbons (Fsp3) is 0.647. The summed E-state index contributed by atoms with van der Waals surface area (Å²) in [7, 11) is 0. The summed E-state index contributed by atoms with van der Waals surface area (Å²) in [5.74, 6) is -0.650. The van der Waals surface area contributed by atoms with Gasteiger partial charge in [0.05, 0.1) is 0 Å². The molecule has 0 bridgehead atoms. The molecular weight excluding hydrogens is 256 g/mol. The molecule has 1 unspecified atom stereocenters. The van der Waals surface area contributed by atoms with Crippen molar-refractivity contribution in [2.75, 3.05) is 6.54 Å². The second kappa shape index (κ2) is 6.66. The van der Waals surface area contributed by atoms with Gasteiger partial charge in [-0.05, 0) is 61.4 Å². The lowest BCUT2D eigenvalue weighted by molar-refractivity contribution is 0.218. The SMILES string of the molecule is CCCNC(Cc1cc(F)ccc1F)C1(C)CCCC1. The second-order valence-corrected chi connectivity index (χ2v) is 6.31. The van der Waals surface area contributed by atoms with Crippen LogP contribution in [0.5, 0.6) is 0 Å². The van der Waals surface area contributed by atoms with Crippen LogP contribution in [0.2, 0.25) is 0 Å². The number of nitrogens with one attached hydrogen (secondary N) is 1. The van der Waals surface area contributed by atoms with Gasteiger partial charge < -0.3 is 5.32 Å². The van der Waals surface area contributed by atoms with E-state index in [1.54, 1.807) is 0 Å². The van der Waals surface area contributed by atoms with E-state index in [1.807, 2.05) is 0 Å². The van der Waals surface area contributed by atoms with E-state index in [0.717, 1.165) is 13.0 Å². The number of rotatable bonds is 6. The van der Waals surface area contributed by atoms with E-state index in [4.69, 9.17) is 0 Å². The lowest BCUT2D eigenvalue weighted by atomic mass is 9.77. The van der Waals surface area contributed by atoms with Crippen LogP contribution in [0.1, 0.15) is 51.5 Å². The highest BCUT2D eigenvalue weighted by atomic mass is 19.1. The molecule has 1 aliphatic rings. The van der Waals surface area contributed by atoms with Gasteiger partial charge in [0.25, 0.3) is 0 Å². The van der Waals surface area contributed by atoms with Crippen LogP contribution in [0, 0.1) is 17.0 Å². The van der Waals surface area contributed by atoms with Crippen molar-refractivity contribution in [1.29, 1.82) is 0 Å². The fourth-order valence-electron chi connectivity index (χ4n) is 3.33. The van der Waals surface area contributed by atoms with Crippen molar-refractivity contribution in [3.05, 3.63) is 35.4 Å². The van der Waals surface area contributed by atoms with Crippen molar-refractivity contribution in [3.63, 3.8) is 0 Å². The first-order valence-electron chi connectivity index (χ1n) is 7.72. The monoisotopic (exact) mass is 281 g/mol. The topological polar surface area (TPSA) is 12.0 Å². The highest BCUT2D eigenvalue weighted by Crippen LogP contribution is 2.41. The molecule has 1 fully saturated rings. The standard InChI is InChI=1S/C17H25F2N/c1-3-10-20-16(17(2)8-4-5-9-17)12-13-11-14(18)6-7-15(13)19/h6-7,11,16,20H,3-5,8-10,12H2,1-2H3. The molecule has 1 aromatic carbocycles. The number of hydrogen-bond acceptors (Lipinski definition) is 1. The van der Waals surface area contributed by atoms with E-state index in [9.17, 15) is 8.78 Å². The van der Waals surface area contributed by atoms with Gasteiger partial charge in [-0.2, -0.15) is 0 Å². The normalized spacial score (nSPS) is 19.2. The molecule has 0 spiro atoms. The summed E-state index contributed by atoms with van der Waals surface area (Å²) in [5.41, 5.74) is 0.695.